The Bertz CT molecular complexity index is 206. The fraction of sp³-hybridized carbons (Fsp3) is 1.00. The third-order valence-corrected chi connectivity index (χ3v) is 3.49. The minimum absolute atomic E-state index is 0.119. The summed E-state index contributed by atoms with van der Waals surface area (Å²) in [5.41, 5.74) is -0.617. The Morgan fingerprint density at radius 3 is 2.67 bits per heavy atom. The van der Waals surface area contributed by atoms with E-state index in [1.807, 2.05) is 0 Å². The number of methoxy groups -OCH3 is 1. The van der Waals surface area contributed by atoms with Crippen molar-refractivity contribution >= 4 is 0 Å². The van der Waals surface area contributed by atoms with E-state index in [-0.39, 0.29) is 5.60 Å². The van der Waals surface area contributed by atoms with Gasteiger partial charge >= 0.3 is 0 Å². The van der Waals surface area contributed by atoms with Crippen molar-refractivity contribution in [2.75, 3.05) is 27.2 Å². The molecule has 0 aromatic rings. The molecule has 0 amide bonds. The average molecular weight is 215 g/mol. The number of piperidine rings is 1. The number of likely N-dealkylation sites (tertiary alicyclic amines) is 1. The number of likely N-dealkylation sites (N-methyl/N-ethyl adjacent to an activating group) is 1. The molecule has 0 radical (unpaired) electrons. The number of β-amino-alcohol motifs (C(OH)–C–C–N with tert-alkyl or cyclic N) is 1. The molecule has 3 heteroatoms. The molecule has 90 valence electrons. The Morgan fingerprint density at radius 1 is 1.47 bits per heavy atom. The first-order valence-electron chi connectivity index (χ1n) is 5.83. The summed E-state index contributed by atoms with van der Waals surface area (Å²) in [6, 6.07) is 0. The van der Waals surface area contributed by atoms with Crippen molar-refractivity contribution in [2.24, 2.45) is 0 Å². The molecule has 3 nitrogen and oxygen atoms in total. The molecule has 1 saturated heterocycles. The monoisotopic (exact) mass is 215 g/mol. The van der Waals surface area contributed by atoms with Gasteiger partial charge in [0.2, 0.25) is 0 Å². The largest absolute Gasteiger partial charge is 0.389 e. The maximum Gasteiger partial charge on any atom is 0.0775 e. The van der Waals surface area contributed by atoms with Crippen LogP contribution in [-0.4, -0.2) is 48.5 Å². The number of rotatable bonds is 4. The van der Waals surface area contributed by atoms with Gasteiger partial charge in [0, 0.05) is 13.7 Å². The number of nitrogens with zero attached hydrogens (tertiary/aromatic N) is 1. The highest BCUT2D eigenvalue weighted by Crippen LogP contribution is 2.28. The molecule has 1 fully saturated rings. The van der Waals surface area contributed by atoms with E-state index >= 15 is 0 Å². The SMILES string of the molecule is COC(C)(C)CCC1(O)CCCN(C)C1. The van der Waals surface area contributed by atoms with Crippen molar-refractivity contribution in [2.45, 2.75) is 50.7 Å². The van der Waals surface area contributed by atoms with Crippen LogP contribution in [0.2, 0.25) is 0 Å². The maximum absolute atomic E-state index is 10.4. The summed E-state index contributed by atoms with van der Waals surface area (Å²) in [4.78, 5) is 2.21. The van der Waals surface area contributed by atoms with Crippen LogP contribution in [0.4, 0.5) is 0 Å². The van der Waals surface area contributed by atoms with Gasteiger partial charge in [0.1, 0.15) is 0 Å². The van der Waals surface area contributed by atoms with Crippen LogP contribution in [0.25, 0.3) is 0 Å². The van der Waals surface area contributed by atoms with E-state index in [4.69, 9.17) is 4.74 Å². The lowest BCUT2D eigenvalue weighted by atomic mass is 9.85. The van der Waals surface area contributed by atoms with Gasteiger partial charge in [0.25, 0.3) is 0 Å². The fourth-order valence-corrected chi connectivity index (χ4v) is 2.18. The van der Waals surface area contributed by atoms with Crippen LogP contribution in [0.15, 0.2) is 0 Å². The van der Waals surface area contributed by atoms with E-state index in [0.29, 0.717) is 0 Å². The normalized spacial score (nSPS) is 29.4. The summed E-state index contributed by atoms with van der Waals surface area (Å²) in [6.45, 7) is 6.05. The molecule has 1 aliphatic heterocycles. The van der Waals surface area contributed by atoms with E-state index in [9.17, 15) is 5.11 Å². The molecule has 1 rings (SSSR count). The van der Waals surface area contributed by atoms with Crippen LogP contribution in [0.3, 0.4) is 0 Å². The second kappa shape index (κ2) is 4.81. The van der Waals surface area contributed by atoms with Crippen molar-refractivity contribution in [1.29, 1.82) is 0 Å². The Hall–Kier alpha value is -0.120. The molecule has 0 aromatic heterocycles. The molecule has 0 spiro atoms. The maximum atomic E-state index is 10.4. The predicted octanol–water partition coefficient (Wildman–Crippen LogP) is 1.65. The van der Waals surface area contributed by atoms with Gasteiger partial charge in [0.05, 0.1) is 11.2 Å². The predicted molar refractivity (Wildman–Crippen MR) is 62.0 cm³/mol. The Labute approximate surface area is 93.4 Å². The summed E-state index contributed by atoms with van der Waals surface area (Å²) in [7, 11) is 3.81. The molecule has 1 atom stereocenters. The summed E-state index contributed by atoms with van der Waals surface area (Å²) >= 11 is 0. The van der Waals surface area contributed by atoms with Crippen LogP contribution in [0.1, 0.15) is 39.5 Å². The summed E-state index contributed by atoms with van der Waals surface area (Å²) < 4.78 is 5.38. The average Bonchev–Trinajstić information content (AvgIpc) is 2.15. The van der Waals surface area contributed by atoms with Gasteiger partial charge in [0.15, 0.2) is 0 Å². The molecule has 0 saturated carbocycles. The van der Waals surface area contributed by atoms with Crippen molar-refractivity contribution in [3.05, 3.63) is 0 Å². The van der Waals surface area contributed by atoms with Gasteiger partial charge in [-0.1, -0.05) is 0 Å². The molecule has 15 heavy (non-hydrogen) atoms. The van der Waals surface area contributed by atoms with Crippen LogP contribution < -0.4 is 0 Å². The molecule has 0 aromatic carbocycles. The summed E-state index contributed by atoms with van der Waals surface area (Å²) in [5, 5.41) is 10.4. The van der Waals surface area contributed by atoms with Crippen LogP contribution in [0, 0.1) is 0 Å². The highest BCUT2D eigenvalue weighted by Gasteiger charge is 2.33. The van der Waals surface area contributed by atoms with E-state index in [1.165, 1.54) is 0 Å². The molecule has 1 heterocycles. The van der Waals surface area contributed by atoms with Gasteiger partial charge in [-0.05, 0) is 53.1 Å². The lowest BCUT2D eigenvalue weighted by Gasteiger charge is -2.39. The van der Waals surface area contributed by atoms with E-state index < -0.39 is 5.60 Å². The van der Waals surface area contributed by atoms with Gasteiger partial charge in [-0.15, -0.1) is 0 Å². The molecule has 1 aliphatic rings. The van der Waals surface area contributed by atoms with E-state index in [0.717, 1.165) is 38.8 Å². The van der Waals surface area contributed by atoms with Crippen LogP contribution in [-0.2, 0) is 4.74 Å². The molecule has 1 unspecified atom stereocenters. The number of hydrogen-bond acceptors (Lipinski definition) is 3. The molecular formula is C12H25NO2. The van der Waals surface area contributed by atoms with Crippen molar-refractivity contribution in [3.8, 4) is 0 Å². The smallest absolute Gasteiger partial charge is 0.0775 e. The Balaban J connectivity index is 2.42. The molecule has 0 bridgehead atoms. The summed E-state index contributed by atoms with van der Waals surface area (Å²) in [6.07, 6.45) is 3.77. The fourth-order valence-electron chi connectivity index (χ4n) is 2.18. The quantitative estimate of drug-likeness (QED) is 0.774. The van der Waals surface area contributed by atoms with Gasteiger partial charge in [-0.25, -0.2) is 0 Å². The van der Waals surface area contributed by atoms with Crippen molar-refractivity contribution in [1.82, 2.24) is 4.90 Å². The zero-order chi connectivity index (χ0) is 11.5. The third kappa shape index (κ3) is 4.09. The lowest BCUT2D eigenvalue weighted by molar-refractivity contribution is -0.0567. The van der Waals surface area contributed by atoms with Crippen molar-refractivity contribution in [3.63, 3.8) is 0 Å². The molecule has 1 N–H and O–H groups in total. The third-order valence-electron chi connectivity index (χ3n) is 3.49. The molecule has 0 aliphatic carbocycles. The highest BCUT2D eigenvalue weighted by atomic mass is 16.5. The zero-order valence-electron chi connectivity index (χ0n) is 10.5. The van der Waals surface area contributed by atoms with Crippen LogP contribution in [0.5, 0.6) is 0 Å². The summed E-state index contributed by atoms with van der Waals surface area (Å²) in [5.74, 6) is 0. The topological polar surface area (TPSA) is 32.7 Å². The van der Waals surface area contributed by atoms with Gasteiger partial charge in [-0.2, -0.15) is 0 Å². The van der Waals surface area contributed by atoms with Crippen molar-refractivity contribution < 1.29 is 9.84 Å². The second-order valence-electron chi connectivity index (χ2n) is 5.53. The number of ether oxygens (including phenoxy) is 1. The highest BCUT2D eigenvalue weighted by molar-refractivity contribution is 4.87. The Morgan fingerprint density at radius 2 is 2.13 bits per heavy atom. The van der Waals surface area contributed by atoms with Crippen LogP contribution >= 0.6 is 0 Å². The van der Waals surface area contributed by atoms with E-state index in [2.05, 4.69) is 25.8 Å². The second-order valence-corrected chi connectivity index (χ2v) is 5.53. The minimum atomic E-state index is -0.497. The Kier molecular flexibility index (Phi) is 4.15. The minimum Gasteiger partial charge on any atom is -0.389 e. The lowest BCUT2D eigenvalue weighted by Crippen LogP contribution is -2.47. The first-order valence-corrected chi connectivity index (χ1v) is 5.83. The van der Waals surface area contributed by atoms with Gasteiger partial charge < -0.3 is 14.7 Å². The number of aliphatic hydroxyl groups is 1. The molecular weight excluding hydrogens is 190 g/mol. The number of hydrogen-bond donors (Lipinski definition) is 1. The van der Waals surface area contributed by atoms with E-state index in [1.54, 1.807) is 7.11 Å². The first-order chi connectivity index (χ1) is 6.87. The first kappa shape index (κ1) is 12.9. The standard InChI is InChI=1S/C12H25NO2/c1-11(2,15-4)7-8-12(14)6-5-9-13(3)10-12/h14H,5-10H2,1-4H3. The van der Waals surface area contributed by atoms with Gasteiger partial charge in [-0.3, -0.25) is 0 Å². The zero-order valence-corrected chi connectivity index (χ0v) is 10.5.